The Kier molecular flexibility index (Phi) is 8.70. The van der Waals surface area contributed by atoms with E-state index in [9.17, 15) is 9.18 Å². The second kappa shape index (κ2) is 11.2. The van der Waals surface area contributed by atoms with Crippen LogP contribution in [-0.2, 0) is 17.7 Å². The number of nitrogens with zero attached hydrogens (tertiary/aromatic N) is 2. The number of anilines is 1. The van der Waals surface area contributed by atoms with Gasteiger partial charge in [-0.3, -0.25) is 0 Å². The zero-order valence-electron chi connectivity index (χ0n) is 21.6. The molecule has 3 aromatic heterocycles. The van der Waals surface area contributed by atoms with Crippen LogP contribution in [0.4, 0.5) is 15.0 Å². The molecule has 0 unspecified atom stereocenters. The van der Waals surface area contributed by atoms with Gasteiger partial charge in [0.15, 0.2) is 11.4 Å². The third-order valence-electron chi connectivity index (χ3n) is 4.81. The van der Waals surface area contributed by atoms with Crippen molar-refractivity contribution in [3.63, 3.8) is 0 Å². The van der Waals surface area contributed by atoms with Gasteiger partial charge in [0.1, 0.15) is 31.1 Å². The molecular formula is C25H32ClFN4O3SSi. The van der Waals surface area contributed by atoms with Crippen molar-refractivity contribution in [2.75, 3.05) is 5.32 Å². The second-order valence-corrected chi connectivity index (χ2v) is 16.6. The monoisotopic (exact) mass is 550 g/mol. The number of carbonyl (C=O) groups excluding carboxylic acids is 1. The highest BCUT2D eigenvalue weighted by Gasteiger charge is 2.28. The van der Waals surface area contributed by atoms with Crippen LogP contribution in [-0.4, -0.2) is 41.9 Å². The average molecular weight is 551 g/mol. The van der Waals surface area contributed by atoms with E-state index in [1.165, 1.54) is 6.92 Å². The van der Waals surface area contributed by atoms with Crippen LogP contribution in [0.1, 0.15) is 43.9 Å². The molecule has 0 aliphatic heterocycles. The Morgan fingerprint density at radius 2 is 2.06 bits per heavy atom. The number of furan rings is 1. The Bertz CT molecular complexity index is 1270. The lowest BCUT2D eigenvalue weighted by Crippen LogP contribution is -2.44. The molecule has 3 aromatic rings. The van der Waals surface area contributed by atoms with E-state index in [4.69, 9.17) is 20.8 Å². The second-order valence-electron chi connectivity index (χ2n) is 10.5. The molecule has 2 atom stereocenters. The number of nitrogens with one attached hydrogen (secondary N) is 2. The zero-order valence-corrected chi connectivity index (χ0v) is 24.2. The molecule has 11 heteroatoms. The van der Waals surface area contributed by atoms with E-state index in [-0.39, 0.29) is 11.7 Å². The first kappa shape index (κ1) is 28.0. The van der Waals surface area contributed by atoms with Crippen molar-refractivity contribution < 1.29 is 18.3 Å². The highest BCUT2D eigenvalue weighted by molar-refractivity contribution is 7.09. The summed E-state index contributed by atoms with van der Waals surface area (Å²) in [5.74, 6) is 4.04. The number of alkyl halides is 1. The molecule has 2 N–H and O–H groups in total. The van der Waals surface area contributed by atoms with Crippen molar-refractivity contribution in [1.29, 1.82) is 0 Å². The number of amides is 1. The SMILES string of the molecule is C[C@H](F)[C@@H](Cc1oc2c(NCc3cccs3)nc(Cl)nc2c1C#C[Si](C)(C)C)NC(=O)OC(C)(C)C. The van der Waals surface area contributed by atoms with Gasteiger partial charge in [-0.25, -0.2) is 14.2 Å². The molecule has 0 saturated heterocycles. The molecule has 3 rings (SSSR count). The summed E-state index contributed by atoms with van der Waals surface area (Å²) in [5.41, 5.74) is 3.97. The highest BCUT2D eigenvalue weighted by Crippen LogP contribution is 2.32. The summed E-state index contributed by atoms with van der Waals surface area (Å²) >= 11 is 7.88. The van der Waals surface area contributed by atoms with Crippen LogP contribution < -0.4 is 10.6 Å². The molecular weight excluding hydrogens is 519 g/mol. The molecule has 1 amide bonds. The lowest BCUT2D eigenvalue weighted by atomic mass is 10.1. The van der Waals surface area contributed by atoms with Crippen LogP contribution in [0.2, 0.25) is 24.9 Å². The number of fused-ring (bicyclic) bond motifs is 1. The Morgan fingerprint density at radius 3 is 2.64 bits per heavy atom. The number of alkyl carbamates (subject to hydrolysis) is 1. The first-order valence-electron chi connectivity index (χ1n) is 11.6. The molecule has 7 nitrogen and oxygen atoms in total. The van der Waals surface area contributed by atoms with Gasteiger partial charge < -0.3 is 19.8 Å². The van der Waals surface area contributed by atoms with Crippen molar-refractivity contribution in [2.24, 2.45) is 0 Å². The van der Waals surface area contributed by atoms with E-state index < -0.39 is 32.0 Å². The summed E-state index contributed by atoms with van der Waals surface area (Å²) in [6, 6.07) is 3.07. The Hall–Kier alpha value is -2.61. The zero-order chi connectivity index (χ0) is 26.7. The normalized spacial score (nSPS) is 13.6. The van der Waals surface area contributed by atoms with Gasteiger partial charge in [0.2, 0.25) is 5.28 Å². The number of ether oxygens (including phenoxy) is 1. The lowest BCUT2D eigenvalue weighted by molar-refractivity contribution is 0.0476. The molecule has 194 valence electrons. The molecule has 0 fully saturated rings. The summed E-state index contributed by atoms with van der Waals surface area (Å²) in [4.78, 5) is 22.2. The third kappa shape index (κ3) is 7.95. The number of hydrogen-bond acceptors (Lipinski definition) is 7. The largest absolute Gasteiger partial charge is 0.454 e. The van der Waals surface area contributed by atoms with E-state index in [2.05, 4.69) is 51.7 Å². The van der Waals surface area contributed by atoms with Gasteiger partial charge in [0.25, 0.3) is 0 Å². The molecule has 0 aliphatic rings. The summed E-state index contributed by atoms with van der Waals surface area (Å²) in [7, 11) is -1.77. The van der Waals surface area contributed by atoms with Gasteiger partial charge in [-0.05, 0) is 50.7 Å². The Balaban J connectivity index is 2.03. The van der Waals surface area contributed by atoms with Crippen molar-refractivity contribution in [3.8, 4) is 11.5 Å². The van der Waals surface area contributed by atoms with Crippen molar-refractivity contribution in [1.82, 2.24) is 15.3 Å². The number of aromatic nitrogens is 2. The predicted octanol–water partition coefficient (Wildman–Crippen LogP) is 6.57. The van der Waals surface area contributed by atoms with E-state index >= 15 is 0 Å². The number of halogens is 2. The molecule has 0 radical (unpaired) electrons. The fourth-order valence-electron chi connectivity index (χ4n) is 3.21. The summed E-state index contributed by atoms with van der Waals surface area (Å²) in [5, 5.41) is 7.91. The van der Waals surface area contributed by atoms with Crippen LogP contribution in [0.15, 0.2) is 21.9 Å². The highest BCUT2D eigenvalue weighted by atomic mass is 35.5. The minimum absolute atomic E-state index is 0.0434. The first-order chi connectivity index (χ1) is 16.7. The van der Waals surface area contributed by atoms with E-state index in [1.54, 1.807) is 32.1 Å². The van der Waals surface area contributed by atoms with Crippen molar-refractivity contribution >= 4 is 54.0 Å². The minimum atomic E-state index is -1.77. The molecule has 0 aromatic carbocycles. The maximum Gasteiger partial charge on any atom is 0.407 e. The van der Waals surface area contributed by atoms with Crippen molar-refractivity contribution in [2.45, 2.75) is 78.1 Å². The Morgan fingerprint density at radius 1 is 1.33 bits per heavy atom. The standard InChI is InChI=1S/C25H32ClFN4O3SSi/c1-15(27)18(29-24(32)34-25(2,3)4)13-19-17(10-12-36(5,6)7)20-21(33-19)22(31-23(26)30-20)28-14-16-9-8-11-35-16/h8-9,11,15,18H,13-14H2,1-7H3,(H,29,32)(H,28,30,31)/t15-,18+/m0/s1. The van der Waals surface area contributed by atoms with Crippen LogP contribution in [0.3, 0.4) is 0 Å². The molecule has 0 aliphatic carbocycles. The number of thiophene rings is 1. The van der Waals surface area contributed by atoms with Gasteiger partial charge in [-0.1, -0.05) is 31.6 Å². The summed E-state index contributed by atoms with van der Waals surface area (Å²) in [6.45, 7) is 13.5. The van der Waals surface area contributed by atoms with Crippen LogP contribution in [0.5, 0.6) is 0 Å². The minimum Gasteiger partial charge on any atom is -0.454 e. The van der Waals surface area contributed by atoms with Gasteiger partial charge >= 0.3 is 6.09 Å². The maximum absolute atomic E-state index is 14.6. The fraction of sp³-hybridized carbons (Fsp3) is 0.480. The van der Waals surface area contributed by atoms with Gasteiger partial charge in [-0.2, -0.15) is 4.98 Å². The van der Waals surface area contributed by atoms with E-state index in [0.29, 0.717) is 34.8 Å². The predicted molar refractivity (Wildman–Crippen MR) is 146 cm³/mol. The van der Waals surface area contributed by atoms with Crippen LogP contribution in [0.25, 0.3) is 11.1 Å². The van der Waals surface area contributed by atoms with E-state index in [1.807, 2.05) is 17.5 Å². The van der Waals surface area contributed by atoms with Gasteiger partial charge in [0.05, 0.1) is 18.2 Å². The smallest absolute Gasteiger partial charge is 0.407 e. The fourth-order valence-corrected chi connectivity index (χ4v) is 4.52. The molecule has 0 spiro atoms. The number of carbonyl (C=O) groups is 1. The number of hydrogen-bond donors (Lipinski definition) is 2. The van der Waals surface area contributed by atoms with E-state index in [0.717, 1.165) is 4.88 Å². The average Bonchev–Trinajstić information content (AvgIpc) is 3.35. The van der Waals surface area contributed by atoms with Gasteiger partial charge in [-0.15, -0.1) is 16.9 Å². The van der Waals surface area contributed by atoms with Crippen LogP contribution >= 0.6 is 22.9 Å². The third-order valence-corrected chi connectivity index (χ3v) is 6.73. The summed E-state index contributed by atoms with van der Waals surface area (Å²) < 4.78 is 26.1. The first-order valence-corrected chi connectivity index (χ1v) is 16.4. The number of rotatable bonds is 7. The quantitative estimate of drug-likeness (QED) is 0.196. The molecule has 3 heterocycles. The van der Waals surface area contributed by atoms with Crippen molar-refractivity contribution in [3.05, 3.63) is 39.0 Å². The Labute approximate surface area is 221 Å². The molecule has 0 bridgehead atoms. The lowest BCUT2D eigenvalue weighted by Gasteiger charge is -2.24. The maximum atomic E-state index is 14.6. The topological polar surface area (TPSA) is 89.3 Å². The summed E-state index contributed by atoms with van der Waals surface area (Å²) in [6.07, 6.45) is -2.04. The van der Waals surface area contributed by atoms with Crippen LogP contribution in [0, 0.1) is 11.5 Å². The van der Waals surface area contributed by atoms with Gasteiger partial charge in [0, 0.05) is 11.3 Å². The molecule has 36 heavy (non-hydrogen) atoms. The molecule has 0 saturated carbocycles.